The molecule has 2 aromatic rings. The Labute approximate surface area is 114 Å². The molecule has 0 saturated carbocycles. The topological polar surface area (TPSA) is 89.3 Å². The number of hydrogen-bond donors (Lipinski definition) is 1. The van der Waals surface area contributed by atoms with E-state index >= 15 is 0 Å². The Bertz CT molecular complexity index is 745. The first-order valence-corrected chi connectivity index (χ1v) is 5.86. The molecule has 0 aliphatic heterocycles. The van der Waals surface area contributed by atoms with E-state index in [1.807, 2.05) is 0 Å². The Morgan fingerprint density at radius 1 is 1.20 bits per heavy atom. The SMILES string of the molecule is CC(=O)c1ccc(-n2nc(C(=O)O)c(=O)cc2C)cc1. The average molecular weight is 272 g/mol. The third-order valence-corrected chi connectivity index (χ3v) is 2.83. The molecule has 0 atom stereocenters. The molecule has 0 aliphatic carbocycles. The predicted molar refractivity (Wildman–Crippen MR) is 71.5 cm³/mol. The van der Waals surface area contributed by atoms with Crippen molar-refractivity contribution in [3.63, 3.8) is 0 Å². The van der Waals surface area contributed by atoms with Gasteiger partial charge in [-0.2, -0.15) is 5.10 Å². The highest BCUT2D eigenvalue weighted by molar-refractivity contribution is 5.94. The van der Waals surface area contributed by atoms with Crippen LogP contribution in [-0.4, -0.2) is 26.6 Å². The van der Waals surface area contributed by atoms with E-state index in [0.717, 1.165) is 0 Å². The fourth-order valence-electron chi connectivity index (χ4n) is 1.79. The van der Waals surface area contributed by atoms with Gasteiger partial charge in [0.1, 0.15) is 0 Å². The number of carbonyl (C=O) groups excluding carboxylic acids is 1. The van der Waals surface area contributed by atoms with Crippen LogP contribution in [0.5, 0.6) is 0 Å². The second kappa shape index (κ2) is 5.08. The molecule has 0 saturated heterocycles. The van der Waals surface area contributed by atoms with Crippen molar-refractivity contribution in [1.82, 2.24) is 9.78 Å². The van der Waals surface area contributed by atoms with Gasteiger partial charge in [-0.05, 0) is 38.1 Å². The van der Waals surface area contributed by atoms with E-state index in [1.54, 1.807) is 31.2 Å². The first-order chi connectivity index (χ1) is 9.40. The van der Waals surface area contributed by atoms with Crippen LogP contribution < -0.4 is 5.43 Å². The Morgan fingerprint density at radius 2 is 1.80 bits per heavy atom. The number of aromatic nitrogens is 2. The number of carboxylic acid groups (broad SMARTS) is 1. The lowest BCUT2D eigenvalue weighted by atomic mass is 10.1. The van der Waals surface area contributed by atoms with Crippen molar-refractivity contribution >= 4 is 11.8 Å². The van der Waals surface area contributed by atoms with E-state index in [1.165, 1.54) is 17.7 Å². The fraction of sp³-hybridized carbons (Fsp3) is 0.143. The second-order valence-electron chi connectivity index (χ2n) is 4.32. The lowest BCUT2D eigenvalue weighted by Gasteiger charge is -2.10. The standard InChI is InChI=1S/C14H12N2O4/c1-8-7-12(18)13(14(19)20)15-16(8)11-5-3-10(4-6-11)9(2)17/h3-7H,1-2H3,(H,19,20). The predicted octanol–water partition coefficient (Wildman–Crippen LogP) is 1.44. The number of aryl methyl sites for hydroxylation is 1. The average Bonchev–Trinajstić information content (AvgIpc) is 2.38. The molecular weight excluding hydrogens is 260 g/mol. The first-order valence-electron chi connectivity index (χ1n) is 5.86. The van der Waals surface area contributed by atoms with Crippen molar-refractivity contribution < 1.29 is 14.7 Å². The van der Waals surface area contributed by atoms with Crippen LogP contribution in [0.25, 0.3) is 5.69 Å². The summed E-state index contributed by atoms with van der Waals surface area (Å²) in [6, 6.07) is 7.75. The summed E-state index contributed by atoms with van der Waals surface area (Å²) < 4.78 is 1.36. The molecule has 0 spiro atoms. The molecule has 0 fully saturated rings. The largest absolute Gasteiger partial charge is 0.476 e. The summed E-state index contributed by atoms with van der Waals surface area (Å²) in [6.45, 7) is 3.11. The van der Waals surface area contributed by atoms with Crippen LogP contribution in [0.1, 0.15) is 33.5 Å². The molecule has 1 aromatic carbocycles. The van der Waals surface area contributed by atoms with Crippen LogP contribution in [-0.2, 0) is 0 Å². The Balaban J connectivity index is 2.57. The maximum Gasteiger partial charge on any atom is 0.360 e. The molecule has 0 aliphatic rings. The van der Waals surface area contributed by atoms with Gasteiger partial charge in [0.25, 0.3) is 0 Å². The number of Topliss-reactive ketones (excluding diaryl/α,β-unsaturated/α-hetero) is 1. The molecule has 2 rings (SSSR count). The molecule has 20 heavy (non-hydrogen) atoms. The molecule has 0 unspecified atom stereocenters. The summed E-state index contributed by atoms with van der Waals surface area (Å²) in [7, 11) is 0. The zero-order chi connectivity index (χ0) is 14.9. The summed E-state index contributed by atoms with van der Waals surface area (Å²) in [5, 5.41) is 12.8. The van der Waals surface area contributed by atoms with Gasteiger partial charge in [-0.25, -0.2) is 9.48 Å². The Hall–Kier alpha value is -2.76. The van der Waals surface area contributed by atoms with Gasteiger partial charge < -0.3 is 5.11 Å². The van der Waals surface area contributed by atoms with Gasteiger partial charge in [-0.15, -0.1) is 0 Å². The highest BCUT2D eigenvalue weighted by Crippen LogP contribution is 2.11. The highest BCUT2D eigenvalue weighted by Gasteiger charge is 2.13. The number of nitrogens with zero attached hydrogens (tertiary/aromatic N) is 2. The zero-order valence-electron chi connectivity index (χ0n) is 11.0. The molecular formula is C14H12N2O4. The van der Waals surface area contributed by atoms with Gasteiger partial charge in [-0.1, -0.05) is 0 Å². The van der Waals surface area contributed by atoms with Crippen LogP contribution in [0.3, 0.4) is 0 Å². The van der Waals surface area contributed by atoms with Crippen LogP contribution in [0.4, 0.5) is 0 Å². The molecule has 1 N–H and O–H groups in total. The van der Waals surface area contributed by atoms with Gasteiger partial charge in [0.2, 0.25) is 11.1 Å². The minimum atomic E-state index is -1.37. The molecule has 0 bridgehead atoms. The van der Waals surface area contributed by atoms with Gasteiger partial charge >= 0.3 is 5.97 Å². The van der Waals surface area contributed by atoms with E-state index in [-0.39, 0.29) is 5.78 Å². The quantitative estimate of drug-likeness (QED) is 0.854. The normalized spacial score (nSPS) is 10.3. The summed E-state index contributed by atoms with van der Waals surface area (Å²) in [6.07, 6.45) is 0. The van der Waals surface area contributed by atoms with Crippen molar-refractivity contribution in [2.24, 2.45) is 0 Å². The second-order valence-corrected chi connectivity index (χ2v) is 4.32. The number of aromatic carboxylic acids is 1. The minimum Gasteiger partial charge on any atom is -0.476 e. The maximum absolute atomic E-state index is 11.5. The lowest BCUT2D eigenvalue weighted by molar-refractivity contribution is 0.0686. The Kier molecular flexibility index (Phi) is 3.47. The van der Waals surface area contributed by atoms with Crippen molar-refractivity contribution in [1.29, 1.82) is 0 Å². The summed E-state index contributed by atoms with van der Waals surface area (Å²) in [4.78, 5) is 33.7. The molecule has 0 amide bonds. The highest BCUT2D eigenvalue weighted by atomic mass is 16.4. The van der Waals surface area contributed by atoms with Crippen LogP contribution >= 0.6 is 0 Å². The fourth-order valence-corrected chi connectivity index (χ4v) is 1.79. The number of carbonyl (C=O) groups is 2. The summed E-state index contributed by atoms with van der Waals surface area (Å²) in [5.41, 5.74) is 0.467. The monoisotopic (exact) mass is 272 g/mol. The molecule has 102 valence electrons. The number of ketones is 1. The lowest BCUT2D eigenvalue weighted by Crippen LogP contribution is -2.22. The van der Waals surface area contributed by atoms with Crippen molar-refractivity contribution in [2.45, 2.75) is 13.8 Å². The van der Waals surface area contributed by atoms with Crippen molar-refractivity contribution in [3.8, 4) is 5.69 Å². The summed E-state index contributed by atoms with van der Waals surface area (Å²) in [5.74, 6) is -1.43. The van der Waals surface area contributed by atoms with Crippen LogP contribution in [0, 0.1) is 6.92 Å². The minimum absolute atomic E-state index is 0.0626. The van der Waals surface area contributed by atoms with E-state index < -0.39 is 17.1 Å². The smallest absolute Gasteiger partial charge is 0.360 e. The first kappa shape index (κ1) is 13.7. The van der Waals surface area contributed by atoms with E-state index in [2.05, 4.69) is 5.10 Å². The van der Waals surface area contributed by atoms with E-state index in [9.17, 15) is 14.4 Å². The molecule has 1 heterocycles. The van der Waals surface area contributed by atoms with Gasteiger partial charge in [0, 0.05) is 17.3 Å². The molecule has 1 aromatic heterocycles. The summed E-state index contributed by atoms with van der Waals surface area (Å²) >= 11 is 0. The van der Waals surface area contributed by atoms with Crippen LogP contribution in [0.15, 0.2) is 35.1 Å². The van der Waals surface area contributed by atoms with Gasteiger partial charge in [0.05, 0.1) is 5.69 Å². The van der Waals surface area contributed by atoms with Gasteiger partial charge in [0.15, 0.2) is 5.78 Å². The number of rotatable bonds is 3. The third-order valence-electron chi connectivity index (χ3n) is 2.83. The van der Waals surface area contributed by atoms with Crippen molar-refractivity contribution in [3.05, 3.63) is 57.5 Å². The number of hydrogen-bond acceptors (Lipinski definition) is 4. The zero-order valence-corrected chi connectivity index (χ0v) is 11.0. The third kappa shape index (κ3) is 2.49. The van der Waals surface area contributed by atoms with Crippen LogP contribution in [0.2, 0.25) is 0 Å². The number of carboxylic acids is 1. The van der Waals surface area contributed by atoms with Gasteiger partial charge in [-0.3, -0.25) is 9.59 Å². The Morgan fingerprint density at radius 3 is 2.30 bits per heavy atom. The molecule has 6 nitrogen and oxygen atoms in total. The molecule has 6 heteroatoms. The molecule has 0 radical (unpaired) electrons. The van der Waals surface area contributed by atoms with E-state index in [4.69, 9.17) is 5.11 Å². The number of benzene rings is 1. The van der Waals surface area contributed by atoms with E-state index in [0.29, 0.717) is 16.9 Å². The maximum atomic E-state index is 11.5. The van der Waals surface area contributed by atoms with Crippen molar-refractivity contribution in [2.75, 3.05) is 0 Å².